The third-order valence-corrected chi connectivity index (χ3v) is 3.91. The number of benzene rings is 2. The highest BCUT2D eigenvalue weighted by molar-refractivity contribution is 6.14. The summed E-state index contributed by atoms with van der Waals surface area (Å²) in [6, 6.07) is 12.2. The van der Waals surface area contributed by atoms with Crippen molar-refractivity contribution in [3.05, 3.63) is 59.4 Å². The van der Waals surface area contributed by atoms with Gasteiger partial charge in [-0.05, 0) is 63.6 Å². The van der Waals surface area contributed by atoms with Gasteiger partial charge in [0.25, 0.3) is 0 Å². The molecule has 0 unspecified atom stereocenters. The van der Waals surface area contributed by atoms with Crippen molar-refractivity contribution in [1.82, 2.24) is 0 Å². The maximum atomic E-state index is 12.6. The standard InChI is InChI=1S/C23H24O6/c1-5-26-16-8-6-15(7-9-16)12-20-22(25)18-11-10-17(13-19(18)28-20)27-14-21(24)29-23(2,3)4/h6-13H,5,14H2,1-4H3. The number of esters is 1. The van der Waals surface area contributed by atoms with Crippen molar-refractivity contribution in [2.75, 3.05) is 13.2 Å². The number of ether oxygens (including phenoxy) is 4. The number of carbonyl (C=O) groups is 2. The van der Waals surface area contributed by atoms with Crippen molar-refractivity contribution in [3.8, 4) is 17.2 Å². The Morgan fingerprint density at radius 1 is 1.03 bits per heavy atom. The van der Waals surface area contributed by atoms with E-state index in [1.54, 1.807) is 45.0 Å². The van der Waals surface area contributed by atoms with E-state index in [4.69, 9.17) is 18.9 Å². The van der Waals surface area contributed by atoms with Crippen molar-refractivity contribution < 1.29 is 28.5 Å². The Kier molecular flexibility index (Phi) is 5.92. The second-order valence-corrected chi connectivity index (χ2v) is 7.47. The lowest BCUT2D eigenvalue weighted by Gasteiger charge is -2.19. The van der Waals surface area contributed by atoms with E-state index in [1.807, 2.05) is 31.2 Å². The summed E-state index contributed by atoms with van der Waals surface area (Å²) in [4.78, 5) is 24.4. The second kappa shape index (κ2) is 8.39. The number of carbonyl (C=O) groups excluding carboxylic acids is 2. The van der Waals surface area contributed by atoms with Crippen molar-refractivity contribution in [3.63, 3.8) is 0 Å². The molecule has 0 amide bonds. The van der Waals surface area contributed by atoms with E-state index in [2.05, 4.69) is 0 Å². The number of Topliss-reactive ketones (excluding diaryl/α,β-unsaturated/α-hetero) is 1. The number of hydrogen-bond acceptors (Lipinski definition) is 6. The van der Waals surface area contributed by atoms with Crippen LogP contribution in [0.4, 0.5) is 0 Å². The molecule has 2 aromatic carbocycles. The smallest absolute Gasteiger partial charge is 0.344 e. The van der Waals surface area contributed by atoms with E-state index in [0.717, 1.165) is 11.3 Å². The van der Waals surface area contributed by atoms with Gasteiger partial charge in [-0.25, -0.2) is 4.79 Å². The van der Waals surface area contributed by atoms with E-state index < -0.39 is 11.6 Å². The number of allylic oxidation sites excluding steroid dienone is 1. The maximum Gasteiger partial charge on any atom is 0.344 e. The molecule has 6 heteroatoms. The molecule has 0 radical (unpaired) electrons. The van der Waals surface area contributed by atoms with Gasteiger partial charge in [-0.1, -0.05) is 12.1 Å². The van der Waals surface area contributed by atoms with Crippen molar-refractivity contribution in [2.45, 2.75) is 33.3 Å². The average Bonchev–Trinajstić information content (AvgIpc) is 2.95. The van der Waals surface area contributed by atoms with Gasteiger partial charge in [0, 0.05) is 6.07 Å². The molecular weight excluding hydrogens is 372 g/mol. The van der Waals surface area contributed by atoms with Gasteiger partial charge in [0.1, 0.15) is 22.8 Å². The van der Waals surface area contributed by atoms with Crippen LogP contribution >= 0.6 is 0 Å². The third kappa shape index (κ3) is 5.38. The maximum absolute atomic E-state index is 12.6. The Hall–Kier alpha value is -3.28. The molecule has 0 saturated heterocycles. The molecule has 2 aromatic rings. The van der Waals surface area contributed by atoms with Gasteiger partial charge in [0.2, 0.25) is 5.78 Å². The Bertz CT molecular complexity index is 935. The minimum absolute atomic E-state index is 0.201. The molecule has 0 bridgehead atoms. The van der Waals surface area contributed by atoms with Crippen LogP contribution in [0.25, 0.3) is 6.08 Å². The van der Waals surface area contributed by atoms with Crippen LogP contribution in [0.5, 0.6) is 17.2 Å². The van der Waals surface area contributed by atoms with E-state index >= 15 is 0 Å². The normalized spacial score (nSPS) is 14.3. The van der Waals surface area contributed by atoms with Crippen molar-refractivity contribution in [2.24, 2.45) is 0 Å². The Labute approximate surface area is 170 Å². The molecule has 0 spiro atoms. The first-order valence-corrected chi connectivity index (χ1v) is 9.41. The molecular formula is C23H24O6. The highest BCUT2D eigenvalue weighted by atomic mass is 16.6. The van der Waals surface area contributed by atoms with Crippen LogP contribution in [0.2, 0.25) is 0 Å². The molecule has 29 heavy (non-hydrogen) atoms. The molecule has 0 saturated carbocycles. The lowest BCUT2D eigenvalue weighted by molar-refractivity contribution is -0.157. The van der Waals surface area contributed by atoms with Crippen LogP contribution in [0.3, 0.4) is 0 Å². The summed E-state index contributed by atoms with van der Waals surface area (Å²) in [7, 11) is 0. The monoisotopic (exact) mass is 396 g/mol. The average molecular weight is 396 g/mol. The van der Waals surface area contributed by atoms with Gasteiger partial charge < -0.3 is 18.9 Å². The van der Waals surface area contributed by atoms with E-state index in [1.165, 1.54) is 0 Å². The van der Waals surface area contributed by atoms with Crippen molar-refractivity contribution >= 4 is 17.8 Å². The SMILES string of the molecule is CCOc1ccc(C=C2Oc3cc(OCC(=O)OC(C)(C)C)ccc3C2=O)cc1. The molecule has 1 aliphatic heterocycles. The van der Waals surface area contributed by atoms with Gasteiger partial charge in [-0.2, -0.15) is 0 Å². The zero-order valence-electron chi connectivity index (χ0n) is 17.0. The largest absolute Gasteiger partial charge is 0.494 e. The zero-order valence-corrected chi connectivity index (χ0v) is 17.0. The molecule has 3 rings (SSSR count). The molecule has 0 aliphatic carbocycles. The Morgan fingerprint density at radius 2 is 1.72 bits per heavy atom. The number of ketones is 1. The highest BCUT2D eigenvalue weighted by Crippen LogP contribution is 2.35. The van der Waals surface area contributed by atoms with Crippen LogP contribution in [0.15, 0.2) is 48.2 Å². The summed E-state index contributed by atoms with van der Waals surface area (Å²) in [5.74, 6) is 1.15. The van der Waals surface area contributed by atoms with Gasteiger partial charge >= 0.3 is 5.97 Å². The van der Waals surface area contributed by atoms with Crippen LogP contribution in [0.1, 0.15) is 43.6 Å². The number of rotatable bonds is 6. The summed E-state index contributed by atoms with van der Waals surface area (Å²) < 4.78 is 21.8. The fourth-order valence-corrected chi connectivity index (χ4v) is 2.75. The van der Waals surface area contributed by atoms with E-state index in [0.29, 0.717) is 23.7 Å². The third-order valence-electron chi connectivity index (χ3n) is 3.91. The summed E-state index contributed by atoms with van der Waals surface area (Å²) in [5.41, 5.74) is 0.701. The van der Waals surface area contributed by atoms with Crippen LogP contribution in [0, 0.1) is 0 Å². The van der Waals surface area contributed by atoms with Gasteiger partial charge in [-0.15, -0.1) is 0 Å². The highest BCUT2D eigenvalue weighted by Gasteiger charge is 2.28. The molecule has 152 valence electrons. The molecule has 0 N–H and O–H groups in total. The number of fused-ring (bicyclic) bond motifs is 1. The Morgan fingerprint density at radius 3 is 2.38 bits per heavy atom. The first kappa shape index (κ1) is 20.5. The predicted molar refractivity (Wildman–Crippen MR) is 108 cm³/mol. The minimum Gasteiger partial charge on any atom is -0.494 e. The van der Waals surface area contributed by atoms with Gasteiger partial charge in [-0.3, -0.25) is 4.79 Å². The molecule has 0 fully saturated rings. The van der Waals surface area contributed by atoms with E-state index in [-0.39, 0.29) is 18.1 Å². The first-order valence-electron chi connectivity index (χ1n) is 9.41. The molecule has 0 aromatic heterocycles. The van der Waals surface area contributed by atoms with Crippen molar-refractivity contribution in [1.29, 1.82) is 0 Å². The first-order chi connectivity index (χ1) is 13.7. The fraction of sp³-hybridized carbons (Fsp3) is 0.304. The molecule has 6 nitrogen and oxygen atoms in total. The van der Waals surface area contributed by atoms with Gasteiger partial charge in [0.05, 0.1) is 12.2 Å². The van der Waals surface area contributed by atoms with Crippen LogP contribution in [-0.2, 0) is 9.53 Å². The predicted octanol–water partition coefficient (Wildman–Crippen LogP) is 4.42. The fourth-order valence-electron chi connectivity index (χ4n) is 2.75. The lowest BCUT2D eigenvalue weighted by atomic mass is 10.1. The lowest BCUT2D eigenvalue weighted by Crippen LogP contribution is -2.27. The van der Waals surface area contributed by atoms with Gasteiger partial charge in [0.15, 0.2) is 12.4 Å². The van der Waals surface area contributed by atoms with Crippen LogP contribution in [-0.4, -0.2) is 30.6 Å². The summed E-state index contributed by atoms with van der Waals surface area (Å²) >= 11 is 0. The summed E-state index contributed by atoms with van der Waals surface area (Å²) in [5, 5.41) is 0. The second-order valence-electron chi connectivity index (χ2n) is 7.47. The summed E-state index contributed by atoms with van der Waals surface area (Å²) in [6.07, 6.45) is 1.68. The molecule has 1 aliphatic rings. The number of hydrogen-bond donors (Lipinski definition) is 0. The molecule has 1 heterocycles. The molecule has 0 atom stereocenters. The summed E-state index contributed by atoms with van der Waals surface area (Å²) in [6.45, 7) is 7.66. The minimum atomic E-state index is -0.575. The van der Waals surface area contributed by atoms with Crippen LogP contribution < -0.4 is 14.2 Å². The quantitative estimate of drug-likeness (QED) is 0.532. The topological polar surface area (TPSA) is 71.1 Å². The zero-order chi connectivity index (χ0) is 21.0. The van der Waals surface area contributed by atoms with E-state index in [9.17, 15) is 9.59 Å². The Balaban J connectivity index is 1.68.